The highest BCUT2D eigenvalue weighted by molar-refractivity contribution is 5.07. The van der Waals surface area contributed by atoms with Crippen molar-refractivity contribution in [1.29, 1.82) is 0 Å². The van der Waals surface area contributed by atoms with Gasteiger partial charge in [0.05, 0.1) is 0 Å². The Bertz CT molecular complexity index is 476. The predicted molar refractivity (Wildman–Crippen MR) is 123 cm³/mol. The van der Waals surface area contributed by atoms with Crippen LogP contribution in [0, 0.1) is 23.7 Å². The second kappa shape index (κ2) is 13.6. The van der Waals surface area contributed by atoms with Crippen LogP contribution in [0.1, 0.15) is 67.7 Å². The van der Waals surface area contributed by atoms with Gasteiger partial charge in [0.2, 0.25) is 0 Å². The molecule has 0 aliphatic rings. The molecule has 0 heteroatoms. The molecule has 0 saturated carbocycles. The molecule has 0 heterocycles. The first-order chi connectivity index (χ1) is 11.8. The summed E-state index contributed by atoms with van der Waals surface area (Å²) in [7, 11) is 0. The van der Waals surface area contributed by atoms with Crippen molar-refractivity contribution in [1.82, 2.24) is 0 Å². The summed E-state index contributed by atoms with van der Waals surface area (Å²) in [5.74, 6) is 2.21. The van der Waals surface area contributed by atoms with Crippen molar-refractivity contribution in [3.8, 4) is 0 Å². The van der Waals surface area contributed by atoms with Gasteiger partial charge in [0.15, 0.2) is 0 Å². The summed E-state index contributed by atoms with van der Waals surface area (Å²) in [6.07, 6.45) is 5.17. The fourth-order valence-corrected chi connectivity index (χ4v) is 2.60. The van der Waals surface area contributed by atoms with E-state index >= 15 is 0 Å². The van der Waals surface area contributed by atoms with Crippen LogP contribution in [0.15, 0.2) is 73.4 Å². The molecule has 0 aliphatic heterocycles. The zero-order valence-electron chi connectivity index (χ0n) is 18.8. The molecule has 0 aromatic carbocycles. The van der Waals surface area contributed by atoms with Crippen LogP contribution in [0.3, 0.4) is 0 Å². The largest absolute Gasteiger partial charge is 0.0999 e. The molecular weight excluding hydrogens is 312 g/mol. The lowest BCUT2D eigenvalue weighted by atomic mass is 9.77. The molecule has 0 N–H and O–H groups in total. The molecule has 0 aromatic rings. The number of allylic oxidation sites excluding steroid dienone is 6. The minimum atomic E-state index is 0.552. The van der Waals surface area contributed by atoms with Crippen molar-refractivity contribution in [3.63, 3.8) is 0 Å². The van der Waals surface area contributed by atoms with E-state index in [0.29, 0.717) is 23.7 Å². The SMILES string of the molecule is C=C(C)[C@H](C[C@@H](C[C@@H](C)C(=C)C)C(=C)C)C[C@H](C)C(=C)C.C=CC(=C)C. The lowest BCUT2D eigenvalue weighted by molar-refractivity contribution is 0.356. The Hall–Kier alpha value is -1.56. The van der Waals surface area contributed by atoms with Crippen molar-refractivity contribution in [2.75, 3.05) is 0 Å². The van der Waals surface area contributed by atoms with Gasteiger partial charge >= 0.3 is 0 Å². The summed E-state index contributed by atoms with van der Waals surface area (Å²) >= 11 is 0. The quantitative estimate of drug-likeness (QED) is 0.256. The normalized spacial score (nSPS) is 14.7. The third kappa shape index (κ3) is 12.8. The monoisotopic (exact) mass is 356 g/mol. The summed E-state index contributed by atoms with van der Waals surface area (Å²) in [5.41, 5.74) is 6.13. The van der Waals surface area contributed by atoms with Crippen LogP contribution in [0.5, 0.6) is 0 Å². The Morgan fingerprint density at radius 2 is 0.885 bits per heavy atom. The summed E-state index contributed by atoms with van der Waals surface area (Å²) in [6, 6.07) is 0. The van der Waals surface area contributed by atoms with E-state index in [2.05, 4.69) is 81.0 Å². The Balaban J connectivity index is 0. The molecule has 0 unspecified atom stereocenters. The van der Waals surface area contributed by atoms with Gasteiger partial charge in [0.1, 0.15) is 0 Å². The standard InChI is InChI=1S/C21H36.C5H8/c1-14(2)18(9)11-20(16(5)6)13-21(17(7)8)12-19(10)15(3)4;1-4-5(2)3/h18-21H,1,3,5,7,11-13H2,2,4,6,8-10H3;4H,1-2H2,3H3/t18-,19+,20-,21+;. The van der Waals surface area contributed by atoms with Gasteiger partial charge in [-0.05, 0) is 77.6 Å². The van der Waals surface area contributed by atoms with Crippen LogP contribution in [0.4, 0.5) is 0 Å². The van der Waals surface area contributed by atoms with Gasteiger partial charge in [-0.25, -0.2) is 0 Å². The van der Waals surface area contributed by atoms with E-state index in [1.165, 1.54) is 22.3 Å². The van der Waals surface area contributed by atoms with E-state index in [4.69, 9.17) is 0 Å². The molecule has 0 fully saturated rings. The molecule has 148 valence electrons. The molecule has 0 rings (SSSR count). The lowest BCUT2D eigenvalue weighted by Gasteiger charge is -2.28. The Labute approximate surface area is 165 Å². The Kier molecular flexibility index (Phi) is 14.0. The highest BCUT2D eigenvalue weighted by Crippen LogP contribution is 2.34. The first kappa shape index (κ1) is 26.7. The van der Waals surface area contributed by atoms with E-state index in [9.17, 15) is 0 Å². The maximum atomic E-state index is 4.22. The van der Waals surface area contributed by atoms with Crippen molar-refractivity contribution < 1.29 is 0 Å². The molecule has 0 bridgehead atoms. The Morgan fingerprint density at radius 3 is 1.04 bits per heavy atom. The third-order valence-electron chi connectivity index (χ3n) is 5.27. The van der Waals surface area contributed by atoms with Gasteiger partial charge in [-0.15, -0.1) is 0 Å². The van der Waals surface area contributed by atoms with Crippen molar-refractivity contribution in [2.45, 2.75) is 67.7 Å². The lowest BCUT2D eigenvalue weighted by Crippen LogP contribution is -2.16. The van der Waals surface area contributed by atoms with Crippen LogP contribution in [-0.4, -0.2) is 0 Å². The fraction of sp³-hybridized carbons (Fsp3) is 0.538. The minimum Gasteiger partial charge on any atom is -0.0999 e. The average molecular weight is 357 g/mol. The molecule has 26 heavy (non-hydrogen) atoms. The highest BCUT2D eigenvalue weighted by Gasteiger charge is 2.22. The van der Waals surface area contributed by atoms with Crippen LogP contribution in [0.2, 0.25) is 0 Å². The predicted octanol–water partition coefficient (Wildman–Crippen LogP) is 8.71. The van der Waals surface area contributed by atoms with Gasteiger partial charge in [0, 0.05) is 0 Å². The van der Waals surface area contributed by atoms with E-state index < -0.39 is 0 Å². The molecule has 0 saturated heterocycles. The zero-order chi connectivity index (χ0) is 21.0. The number of hydrogen-bond donors (Lipinski definition) is 0. The molecule has 0 nitrogen and oxygen atoms in total. The van der Waals surface area contributed by atoms with Crippen LogP contribution in [0.25, 0.3) is 0 Å². The van der Waals surface area contributed by atoms with Crippen molar-refractivity contribution >= 4 is 0 Å². The van der Waals surface area contributed by atoms with Crippen molar-refractivity contribution in [3.05, 3.63) is 73.4 Å². The van der Waals surface area contributed by atoms with E-state index in [1.807, 2.05) is 6.92 Å². The molecule has 0 aromatic heterocycles. The third-order valence-corrected chi connectivity index (χ3v) is 5.27. The van der Waals surface area contributed by atoms with Crippen LogP contribution < -0.4 is 0 Å². The summed E-state index contributed by atoms with van der Waals surface area (Å²) < 4.78 is 0. The first-order valence-corrected chi connectivity index (χ1v) is 9.72. The average Bonchev–Trinajstić information content (AvgIpc) is 2.52. The van der Waals surface area contributed by atoms with Gasteiger partial charge in [-0.2, -0.15) is 0 Å². The second-order valence-electron chi connectivity index (χ2n) is 8.34. The summed E-state index contributed by atoms with van der Waals surface area (Å²) in [4.78, 5) is 0. The highest BCUT2D eigenvalue weighted by atomic mass is 14.3. The fourth-order valence-electron chi connectivity index (χ4n) is 2.60. The van der Waals surface area contributed by atoms with Crippen molar-refractivity contribution in [2.24, 2.45) is 23.7 Å². The molecule has 4 atom stereocenters. The smallest absolute Gasteiger partial charge is 0.0197 e. The first-order valence-electron chi connectivity index (χ1n) is 9.72. The zero-order valence-corrected chi connectivity index (χ0v) is 18.8. The van der Waals surface area contributed by atoms with Gasteiger partial charge in [0.25, 0.3) is 0 Å². The van der Waals surface area contributed by atoms with E-state index in [1.54, 1.807) is 6.08 Å². The molecule has 0 radical (unpaired) electrons. The molecular formula is C26H44. The summed E-state index contributed by atoms with van der Waals surface area (Å²) in [6.45, 7) is 38.7. The summed E-state index contributed by atoms with van der Waals surface area (Å²) in [5, 5.41) is 0. The number of hydrogen-bond acceptors (Lipinski definition) is 0. The van der Waals surface area contributed by atoms with Crippen LogP contribution in [-0.2, 0) is 0 Å². The van der Waals surface area contributed by atoms with Gasteiger partial charge in [-0.1, -0.05) is 87.3 Å². The maximum absolute atomic E-state index is 4.22. The van der Waals surface area contributed by atoms with E-state index in [0.717, 1.165) is 24.8 Å². The Morgan fingerprint density at radius 1 is 0.615 bits per heavy atom. The maximum Gasteiger partial charge on any atom is -0.0197 e. The molecule has 0 aliphatic carbocycles. The molecule has 0 amide bonds. The molecule has 0 spiro atoms. The second-order valence-corrected chi connectivity index (χ2v) is 8.34. The van der Waals surface area contributed by atoms with E-state index in [-0.39, 0.29) is 0 Å². The van der Waals surface area contributed by atoms with Crippen LogP contribution >= 0.6 is 0 Å². The van der Waals surface area contributed by atoms with Gasteiger partial charge in [-0.3, -0.25) is 0 Å². The number of rotatable bonds is 11. The minimum absolute atomic E-state index is 0.552. The topological polar surface area (TPSA) is 0 Å². The van der Waals surface area contributed by atoms with Gasteiger partial charge < -0.3 is 0 Å².